The van der Waals surface area contributed by atoms with E-state index in [-0.39, 0.29) is 5.41 Å². The lowest BCUT2D eigenvalue weighted by molar-refractivity contribution is 0.524. The molecule has 0 saturated heterocycles. The molecule has 2 rings (SSSR count). The van der Waals surface area contributed by atoms with Crippen molar-refractivity contribution in [1.82, 2.24) is 0 Å². The Bertz CT molecular complexity index is 472. The van der Waals surface area contributed by atoms with E-state index in [9.17, 15) is 0 Å². The highest BCUT2D eigenvalue weighted by Crippen LogP contribution is 2.49. The van der Waals surface area contributed by atoms with Gasteiger partial charge in [0.1, 0.15) is 0 Å². The van der Waals surface area contributed by atoms with Crippen LogP contribution in [0.15, 0.2) is 24.3 Å². The monoisotopic (exact) mass is 225 g/mol. The second kappa shape index (κ2) is 4.47. The van der Waals surface area contributed by atoms with Crippen molar-refractivity contribution in [1.29, 1.82) is 10.5 Å². The number of hydrogen-bond donors (Lipinski definition) is 0. The van der Waals surface area contributed by atoms with Crippen LogP contribution in [0.1, 0.15) is 24.8 Å². The predicted molar refractivity (Wildman–Crippen MR) is 66.3 cm³/mol. The van der Waals surface area contributed by atoms with Crippen molar-refractivity contribution in [3.8, 4) is 12.1 Å². The minimum absolute atomic E-state index is 0.220. The maximum absolute atomic E-state index is 8.79. The van der Waals surface area contributed by atoms with Gasteiger partial charge < -0.3 is 4.90 Å². The van der Waals surface area contributed by atoms with E-state index in [1.54, 1.807) is 0 Å². The fourth-order valence-electron chi connectivity index (χ4n) is 2.12. The highest BCUT2D eigenvalue weighted by molar-refractivity contribution is 5.49. The Morgan fingerprint density at radius 2 is 1.88 bits per heavy atom. The van der Waals surface area contributed by atoms with E-state index in [0.29, 0.717) is 12.0 Å². The molecular formula is C14H15N3. The Balaban J connectivity index is 2.03. The minimum atomic E-state index is 0.220. The summed E-state index contributed by atoms with van der Waals surface area (Å²) in [7, 11) is 2.04. The molecule has 0 atom stereocenters. The first kappa shape index (κ1) is 11.5. The van der Waals surface area contributed by atoms with E-state index in [2.05, 4.69) is 17.0 Å². The summed E-state index contributed by atoms with van der Waals surface area (Å²) in [6, 6.07) is 12.0. The number of benzene rings is 1. The standard InChI is InChI=1S/C14H15N3/c1-17(11-14(6-7-14)8-9-15)13-4-2-12(10-16)3-5-13/h2-5H,6-8,11H2,1H3. The zero-order valence-electron chi connectivity index (χ0n) is 9.98. The zero-order valence-corrected chi connectivity index (χ0v) is 9.98. The second-order valence-electron chi connectivity index (χ2n) is 4.85. The fourth-order valence-corrected chi connectivity index (χ4v) is 2.12. The van der Waals surface area contributed by atoms with Gasteiger partial charge in [0.25, 0.3) is 0 Å². The summed E-state index contributed by atoms with van der Waals surface area (Å²) in [5.41, 5.74) is 2.01. The van der Waals surface area contributed by atoms with Gasteiger partial charge in [0.15, 0.2) is 0 Å². The average Bonchev–Trinajstić information content (AvgIpc) is 3.09. The van der Waals surface area contributed by atoms with Gasteiger partial charge in [0, 0.05) is 31.1 Å². The van der Waals surface area contributed by atoms with E-state index >= 15 is 0 Å². The Morgan fingerprint density at radius 3 is 2.35 bits per heavy atom. The second-order valence-corrected chi connectivity index (χ2v) is 4.85. The first-order chi connectivity index (χ1) is 8.19. The average molecular weight is 225 g/mol. The molecule has 0 bridgehead atoms. The highest BCUT2D eigenvalue weighted by Gasteiger charge is 2.43. The van der Waals surface area contributed by atoms with Crippen molar-refractivity contribution < 1.29 is 0 Å². The van der Waals surface area contributed by atoms with Crippen LogP contribution >= 0.6 is 0 Å². The van der Waals surface area contributed by atoms with Gasteiger partial charge in [-0.05, 0) is 37.1 Å². The molecule has 1 aromatic carbocycles. The molecule has 3 heteroatoms. The van der Waals surface area contributed by atoms with Crippen molar-refractivity contribution >= 4 is 5.69 Å². The third-order valence-corrected chi connectivity index (χ3v) is 3.42. The summed E-state index contributed by atoms with van der Waals surface area (Å²) < 4.78 is 0. The van der Waals surface area contributed by atoms with E-state index in [1.165, 1.54) is 0 Å². The van der Waals surface area contributed by atoms with Gasteiger partial charge in [0.2, 0.25) is 0 Å². The molecule has 0 radical (unpaired) electrons. The third-order valence-electron chi connectivity index (χ3n) is 3.42. The fraction of sp³-hybridized carbons (Fsp3) is 0.429. The molecule has 1 aromatic rings. The van der Waals surface area contributed by atoms with Crippen molar-refractivity contribution in [2.24, 2.45) is 5.41 Å². The van der Waals surface area contributed by atoms with Crippen molar-refractivity contribution in [2.45, 2.75) is 19.3 Å². The SMILES string of the molecule is CN(CC1(CC#N)CC1)c1ccc(C#N)cc1. The molecule has 0 amide bonds. The Labute approximate surface area is 102 Å². The smallest absolute Gasteiger partial charge is 0.0991 e. The number of hydrogen-bond acceptors (Lipinski definition) is 3. The molecule has 1 saturated carbocycles. The van der Waals surface area contributed by atoms with E-state index in [4.69, 9.17) is 10.5 Å². The molecule has 17 heavy (non-hydrogen) atoms. The topological polar surface area (TPSA) is 50.8 Å². The molecule has 0 heterocycles. The molecule has 86 valence electrons. The lowest BCUT2D eigenvalue weighted by atomic mass is 10.0. The molecule has 0 spiro atoms. The van der Waals surface area contributed by atoms with Gasteiger partial charge in [-0.2, -0.15) is 10.5 Å². The Hall–Kier alpha value is -2.00. The summed E-state index contributed by atoms with van der Waals surface area (Å²) in [6.07, 6.45) is 2.95. The number of rotatable bonds is 4. The number of anilines is 1. The molecule has 3 nitrogen and oxygen atoms in total. The van der Waals surface area contributed by atoms with Crippen molar-refractivity contribution in [3.63, 3.8) is 0 Å². The first-order valence-corrected chi connectivity index (χ1v) is 5.77. The van der Waals surface area contributed by atoms with Crippen LogP contribution in [0.4, 0.5) is 5.69 Å². The molecule has 0 aliphatic heterocycles. The predicted octanol–water partition coefficient (Wildman–Crippen LogP) is 2.69. The quantitative estimate of drug-likeness (QED) is 0.791. The van der Waals surface area contributed by atoms with Crippen LogP contribution < -0.4 is 4.90 Å². The maximum atomic E-state index is 8.79. The summed E-state index contributed by atoms with van der Waals surface area (Å²) in [5.74, 6) is 0. The van der Waals surface area contributed by atoms with Crippen molar-refractivity contribution in [3.05, 3.63) is 29.8 Å². The van der Waals surface area contributed by atoms with Crippen LogP contribution in [-0.4, -0.2) is 13.6 Å². The van der Waals surface area contributed by atoms with Gasteiger partial charge >= 0.3 is 0 Å². The Kier molecular flexibility index (Phi) is 3.02. The lowest BCUT2D eigenvalue weighted by Gasteiger charge is -2.24. The molecule has 1 aliphatic carbocycles. The number of nitriles is 2. The van der Waals surface area contributed by atoms with Gasteiger partial charge in [-0.1, -0.05) is 0 Å². The molecule has 0 aromatic heterocycles. The largest absolute Gasteiger partial charge is 0.374 e. The molecule has 0 unspecified atom stereocenters. The van der Waals surface area contributed by atoms with Crippen LogP contribution in [0.3, 0.4) is 0 Å². The molecular weight excluding hydrogens is 210 g/mol. The van der Waals surface area contributed by atoms with Gasteiger partial charge in [-0.3, -0.25) is 0 Å². The maximum Gasteiger partial charge on any atom is 0.0991 e. The summed E-state index contributed by atoms with van der Waals surface area (Å²) in [5, 5.41) is 17.5. The van der Waals surface area contributed by atoms with Crippen LogP contribution in [0.2, 0.25) is 0 Å². The van der Waals surface area contributed by atoms with E-state index in [0.717, 1.165) is 25.1 Å². The van der Waals surface area contributed by atoms with E-state index < -0.39 is 0 Å². The third kappa shape index (κ3) is 2.57. The molecule has 1 fully saturated rings. The summed E-state index contributed by atoms with van der Waals surface area (Å²) >= 11 is 0. The number of nitrogens with zero attached hydrogens (tertiary/aromatic N) is 3. The van der Waals surface area contributed by atoms with Gasteiger partial charge in [-0.25, -0.2) is 0 Å². The van der Waals surface area contributed by atoms with E-state index in [1.807, 2.05) is 31.3 Å². The van der Waals surface area contributed by atoms with Crippen molar-refractivity contribution in [2.75, 3.05) is 18.5 Å². The Morgan fingerprint density at radius 1 is 1.24 bits per heavy atom. The normalized spacial score (nSPS) is 15.7. The zero-order chi connectivity index (χ0) is 12.3. The first-order valence-electron chi connectivity index (χ1n) is 5.77. The van der Waals surface area contributed by atoms with Crippen LogP contribution in [0, 0.1) is 28.1 Å². The van der Waals surface area contributed by atoms with Gasteiger partial charge in [0.05, 0.1) is 17.7 Å². The minimum Gasteiger partial charge on any atom is -0.374 e. The summed E-state index contributed by atoms with van der Waals surface area (Å²) in [6.45, 7) is 0.923. The highest BCUT2D eigenvalue weighted by atomic mass is 15.1. The molecule has 0 N–H and O–H groups in total. The van der Waals surface area contributed by atoms with Crippen LogP contribution in [-0.2, 0) is 0 Å². The van der Waals surface area contributed by atoms with Crippen LogP contribution in [0.25, 0.3) is 0 Å². The summed E-state index contributed by atoms with van der Waals surface area (Å²) in [4.78, 5) is 2.17. The molecule has 1 aliphatic rings. The van der Waals surface area contributed by atoms with Crippen LogP contribution in [0.5, 0.6) is 0 Å². The lowest BCUT2D eigenvalue weighted by Crippen LogP contribution is -2.26. The van der Waals surface area contributed by atoms with Gasteiger partial charge in [-0.15, -0.1) is 0 Å².